The number of hydrogen-bond donors (Lipinski definition) is 0. The fourth-order valence-corrected chi connectivity index (χ4v) is 3.58. The Bertz CT molecular complexity index is 947. The molecular weight excluding hydrogens is 350 g/mol. The molecule has 1 aliphatic heterocycles. The van der Waals surface area contributed by atoms with Crippen molar-refractivity contribution in [2.24, 2.45) is 0 Å². The van der Waals surface area contributed by atoms with Crippen LogP contribution >= 0.6 is 0 Å². The Morgan fingerprint density at radius 2 is 2.15 bits per heavy atom. The molecule has 2 aromatic rings. The summed E-state index contributed by atoms with van der Waals surface area (Å²) in [7, 11) is 0. The average Bonchev–Trinajstić information content (AvgIpc) is 3.13. The molecule has 1 fully saturated rings. The highest BCUT2D eigenvalue weighted by molar-refractivity contribution is 5.87. The maximum atomic E-state index is 12.6. The maximum Gasteiger partial charge on any atom is 0.336 e. The number of carboxylic acids is 1. The molecule has 1 aromatic heterocycles. The van der Waals surface area contributed by atoms with Gasteiger partial charge < -0.3 is 24.0 Å². The van der Waals surface area contributed by atoms with Gasteiger partial charge in [0.2, 0.25) is 0 Å². The van der Waals surface area contributed by atoms with E-state index >= 15 is 0 Å². The van der Waals surface area contributed by atoms with Gasteiger partial charge in [-0.2, -0.15) is 0 Å². The second-order valence-electron chi connectivity index (χ2n) is 6.78. The van der Waals surface area contributed by atoms with Crippen molar-refractivity contribution in [2.75, 3.05) is 6.54 Å². The number of carbonyl (C=O) groups is 2. The van der Waals surface area contributed by atoms with Gasteiger partial charge >= 0.3 is 5.63 Å². The molecule has 0 aliphatic carbocycles. The van der Waals surface area contributed by atoms with Crippen molar-refractivity contribution in [2.45, 2.75) is 52.2 Å². The number of nitrogens with zero attached hydrogens (tertiary/aromatic N) is 1. The van der Waals surface area contributed by atoms with Crippen LogP contribution in [0.25, 0.3) is 11.0 Å². The van der Waals surface area contributed by atoms with E-state index in [0.717, 1.165) is 10.9 Å². The first-order valence-corrected chi connectivity index (χ1v) is 9.07. The van der Waals surface area contributed by atoms with Crippen LogP contribution in [0.1, 0.15) is 37.8 Å². The van der Waals surface area contributed by atoms with E-state index in [9.17, 15) is 19.5 Å². The van der Waals surface area contributed by atoms with Crippen LogP contribution in [-0.2, 0) is 16.0 Å². The lowest BCUT2D eigenvalue weighted by molar-refractivity contribution is -0.310. The van der Waals surface area contributed by atoms with Crippen LogP contribution in [0.3, 0.4) is 0 Å². The van der Waals surface area contributed by atoms with Gasteiger partial charge in [0.25, 0.3) is 5.91 Å². The number of aryl methyl sites for hydroxylation is 2. The zero-order chi connectivity index (χ0) is 19.7. The predicted molar refractivity (Wildman–Crippen MR) is 96.4 cm³/mol. The van der Waals surface area contributed by atoms with E-state index in [-0.39, 0.29) is 0 Å². The van der Waals surface area contributed by atoms with Crippen LogP contribution in [0, 0.1) is 6.92 Å². The molecule has 0 unspecified atom stereocenters. The quantitative estimate of drug-likeness (QED) is 0.731. The lowest BCUT2D eigenvalue weighted by Crippen LogP contribution is -2.50. The van der Waals surface area contributed by atoms with Gasteiger partial charge in [0, 0.05) is 23.6 Å². The molecule has 0 bridgehead atoms. The first-order chi connectivity index (χ1) is 12.8. The van der Waals surface area contributed by atoms with Gasteiger partial charge in [0.15, 0.2) is 6.10 Å². The highest BCUT2D eigenvalue weighted by Crippen LogP contribution is 2.30. The smallest absolute Gasteiger partial charge is 0.336 e. The fourth-order valence-electron chi connectivity index (χ4n) is 3.58. The zero-order valence-electron chi connectivity index (χ0n) is 15.6. The monoisotopic (exact) mass is 372 g/mol. The zero-order valence-corrected chi connectivity index (χ0v) is 15.6. The van der Waals surface area contributed by atoms with Crippen molar-refractivity contribution in [3.05, 3.63) is 39.7 Å². The molecule has 2 heterocycles. The Hall–Kier alpha value is -2.83. The Morgan fingerprint density at radius 3 is 2.81 bits per heavy atom. The van der Waals surface area contributed by atoms with Gasteiger partial charge in [0.05, 0.1) is 12.0 Å². The van der Waals surface area contributed by atoms with E-state index in [0.29, 0.717) is 42.7 Å². The summed E-state index contributed by atoms with van der Waals surface area (Å²) < 4.78 is 11.2. The predicted octanol–water partition coefficient (Wildman–Crippen LogP) is 1.17. The standard InChI is InChI=1S/C20H23NO6/c1-4-13-10-17(22)27-18-11(2)16(8-7-14(13)18)26-12(3)19(23)21-9-5-6-15(21)20(24)25/h7-8,10,12,15H,4-6,9H2,1-3H3,(H,24,25)/p-1/t12-,15-/m0/s1. The molecule has 0 radical (unpaired) electrons. The summed E-state index contributed by atoms with van der Waals surface area (Å²) in [6.07, 6.45) is 0.829. The molecular formula is C20H22NO6-. The minimum absolute atomic E-state index is 0.372. The molecule has 0 spiro atoms. The van der Waals surface area contributed by atoms with Crippen LogP contribution in [0.5, 0.6) is 5.75 Å². The highest BCUT2D eigenvalue weighted by atomic mass is 16.5. The van der Waals surface area contributed by atoms with E-state index in [1.165, 1.54) is 11.0 Å². The van der Waals surface area contributed by atoms with Crippen molar-refractivity contribution in [3.63, 3.8) is 0 Å². The van der Waals surface area contributed by atoms with E-state index in [1.54, 1.807) is 26.0 Å². The molecule has 1 saturated heterocycles. The van der Waals surface area contributed by atoms with Gasteiger partial charge in [0.1, 0.15) is 11.3 Å². The summed E-state index contributed by atoms with van der Waals surface area (Å²) in [5, 5.41) is 12.0. The molecule has 1 aliphatic rings. The number of carbonyl (C=O) groups excluding carboxylic acids is 2. The number of rotatable bonds is 5. The van der Waals surface area contributed by atoms with Crippen LogP contribution in [0.4, 0.5) is 0 Å². The summed E-state index contributed by atoms with van der Waals surface area (Å²) in [6.45, 7) is 5.67. The molecule has 0 N–H and O–H groups in total. The number of ether oxygens (including phenoxy) is 1. The summed E-state index contributed by atoms with van der Waals surface area (Å²) >= 11 is 0. The van der Waals surface area contributed by atoms with Gasteiger partial charge in [-0.3, -0.25) is 4.79 Å². The van der Waals surface area contributed by atoms with Crippen molar-refractivity contribution >= 4 is 22.8 Å². The van der Waals surface area contributed by atoms with E-state index in [1.807, 2.05) is 6.92 Å². The second kappa shape index (κ2) is 7.42. The molecule has 7 nitrogen and oxygen atoms in total. The molecule has 1 aromatic carbocycles. The second-order valence-corrected chi connectivity index (χ2v) is 6.78. The minimum atomic E-state index is -1.25. The normalized spacial score (nSPS) is 17.9. The van der Waals surface area contributed by atoms with Crippen molar-refractivity contribution in [3.8, 4) is 5.75 Å². The largest absolute Gasteiger partial charge is 0.548 e. The number of carboxylic acid groups (broad SMARTS) is 1. The fraction of sp³-hybridized carbons (Fsp3) is 0.450. The summed E-state index contributed by atoms with van der Waals surface area (Å²) in [5.41, 5.74) is 1.51. The molecule has 1 amide bonds. The Balaban J connectivity index is 1.88. The first-order valence-electron chi connectivity index (χ1n) is 9.07. The molecule has 7 heteroatoms. The maximum absolute atomic E-state index is 12.6. The topological polar surface area (TPSA) is 99.9 Å². The Morgan fingerprint density at radius 1 is 1.41 bits per heavy atom. The molecule has 3 rings (SSSR count). The van der Waals surface area contributed by atoms with E-state index in [4.69, 9.17) is 9.15 Å². The molecule has 27 heavy (non-hydrogen) atoms. The third-order valence-electron chi connectivity index (χ3n) is 5.04. The number of amides is 1. The lowest BCUT2D eigenvalue weighted by atomic mass is 10.0. The third kappa shape index (κ3) is 3.54. The molecule has 0 saturated carbocycles. The summed E-state index contributed by atoms with van der Waals surface area (Å²) in [5.74, 6) is -1.22. The third-order valence-corrected chi connectivity index (χ3v) is 5.04. The van der Waals surface area contributed by atoms with Crippen molar-refractivity contribution in [1.29, 1.82) is 0 Å². The van der Waals surface area contributed by atoms with E-state index in [2.05, 4.69) is 0 Å². The van der Waals surface area contributed by atoms with Gasteiger partial charge in [-0.25, -0.2) is 4.79 Å². The first kappa shape index (κ1) is 18.9. The number of benzene rings is 1. The number of hydrogen-bond acceptors (Lipinski definition) is 6. The highest BCUT2D eigenvalue weighted by Gasteiger charge is 2.33. The molecule has 144 valence electrons. The number of likely N-dealkylation sites (tertiary alicyclic amines) is 1. The number of aliphatic carboxylic acids is 1. The van der Waals surface area contributed by atoms with Crippen molar-refractivity contribution in [1.82, 2.24) is 4.90 Å². The van der Waals surface area contributed by atoms with E-state index < -0.39 is 29.6 Å². The van der Waals surface area contributed by atoms with Crippen LogP contribution in [0.15, 0.2) is 27.4 Å². The number of fused-ring (bicyclic) bond motifs is 1. The lowest BCUT2D eigenvalue weighted by Gasteiger charge is -2.28. The van der Waals surface area contributed by atoms with Crippen molar-refractivity contribution < 1.29 is 23.8 Å². The average molecular weight is 372 g/mol. The Labute approximate surface area is 156 Å². The van der Waals surface area contributed by atoms with Crippen LogP contribution in [-0.4, -0.2) is 35.5 Å². The van der Waals surface area contributed by atoms with Crippen LogP contribution < -0.4 is 15.5 Å². The van der Waals surface area contributed by atoms with Gasteiger partial charge in [-0.15, -0.1) is 0 Å². The SMILES string of the molecule is CCc1cc(=O)oc2c(C)c(O[C@@H](C)C(=O)N3CCC[C@H]3C(=O)[O-])ccc12. The van der Waals surface area contributed by atoms with Gasteiger partial charge in [-0.1, -0.05) is 6.92 Å². The summed E-state index contributed by atoms with van der Waals surface area (Å²) in [4.78, 5) is 36.9. The summed E-state index contributed by atoms with van der Waals surface area (Å²) in [6, 6.07) is 4.10. The minimum Gasteiger partial charge on any atom is -0.548 e. The van der Waals surface area contributed by atoms with Crippen LogP contribution in [0.2, 0.25) is 0 Å². The molecule has 2 atom stereocenters. The Kier molecular flexibility index (Phi) is 5.21. The van der Waals surface area contributed by atoms with Gasteiger partial charge in [-0.05, 0) is 50.8 Å².